The minimum atomic E-state index is -0.525. The Labute approximate surface area is 91.4 Å². The summed E-state index contributed by atoms with van der Waals surface area (Å²) in [6.45, 7) is 9.03. The lowest BCUT2D eigenvalue weighted by Crippen LogP contribution is -2.29. The molecule has 0 rings (SSSR count). The first-order valence-electron chi connectivity index (χ1n) is 5.07. The van der Waals surface area contributed by atoms with E-state index in [1.54, 1.807) is 27.0 Å². The minimum absolute atomic E-state index is 0.484. The zero-order chi connectivity index (χ0) is 11.7. The second-order valence-electron chi connectivity index (χ2n) is 4.14. The molecule has 0 bridgehead atoms. The number of hydrogen-bond acceptors (Lipinski definition) is 3. The van der Waals surface area contributed by atoms with Crippen molar-refractivity contribution < 1.29 is 9.53 Å². The lowest BCUT2D eigenvalue weighted by molar-refractivity contribution is 0.0529. The standard InChI is InChI=1S/C11H20N2O2/c1-5-6-7-8-9-12-13-10(14)15-11(2,3)4/h5,9H,1,6-8H2,2-4H3,(H,13,14). The van der Waals surface area contributed by atoms with Gasteiger partial charge in [-0.15, -0.1) is 6.58 Å². The molecule has 4 heteroatoms. The summed E-state index contributed by atoms with van der Waals surface area (Å²) in [5.74, 6) is 0. The van der Waals surface area contributed by atoms with E-state index >= 15 is 0 Å². The van der Waals surface area contributed by atoms with Crippen LogP contribution in [0.15, 0.2) is 17.8 Å². The Balaban J connectivity index is 3.58. The molecule has 1 amide bonds. The number of unbranched alkanes of at least 4 members (excludes halogenated alkanes) is 2. The summed E-state index contributed by atoms with van der Waals surface area (Å²) in [5.41, 5.74) is 1.81. The van der Waals surface area contributed by atoms with Crippen LogP contribution in [0.1, 0.15) is 40.0 Å². The molecule has 0 atom stereocenters. The zero-order valence-corrected chi connectivity index (χ0v) is 9.75. The number of amides is 1. The van der Waals surface area contributed by atoms with Crippen LogP contribution in [0.3, 0.4) is 0 Å². The second-order valence-corrected chi connectivity index (χ2v) is 4.14. The summed E-state index contributed by atoms with van der Waals surface area (Å²) in [6, 6.07) is 0. The molecule has 1 N–H and O–H groups in total. The lowest BCUT2D eigenvalue weighted by atomic mass is 10.2. The van der Waals surface area contributed by atoms with E-state index in [1.165, 1.54) is 0 Å². The molecule has 0 radical (unpaired) electrons. The molecule has 0 aliphatic carbocycles. The molecule has 0 aromatic carbocycles. The van der Waals surface area contributed by atoms with Crippen molar-refractivity contribution in [2.75, 3.05) is 0 Å². The first-order chi connectivity index (χ1) is 6.95. The third-order valence-corrected chi connectivity index (χ3v) is 1.39. The van der Waals surface area contributed by atoms with E-state index in [4.69, 9.17) is 4.74 Å². The number of rotatable bonds is 5. The van der Waals surface area contributed by atoms with Gasteiger partial charge in [0, 0.05) is 6.21 Å². The summed E-state index contributed by atoms with van der Waals surface area (Å²) < 4.78 is 4.99. The number of allylic oxidation sites excluding steroid dienone is 1. The normalized spacial score (nSPS) is 11.4. The van der Waals surface area contributed by atoms with Gasteiger partial charge in [-0.3, -0.25) is 0 Å². The van der Waals surface area contributed by atoms with Gasteiger partial charge in [-0.1, -0.05) is 6.08 Å². The largest absolute Gasteiger partial charge is 0.443 e. The fourth-order valence-corrected chi connectivity index (χ4v) is 0.817. The van der Waals surface area contributed by atoms with Gasteiger partial charge in [0.1, 0.15) is 5.60 Å². The highest BCUT2D eigenvalue weighted by atomic mass is 16.6. The van der Waals surface area contributed by atoms with Gasteiger partial charge in [-0.2, -0.15) is 5.10 Å². The Hall–Kier alpha value is -1.32. The maximum atomic E-state index is 11.1. The quantitative estimate of drug-likeness (QED) is 0.330. The van der Waals surface area contributed by atoms with E-state index in [2.05, 4.69) is 17.1 Å². The average molecular weight is 212 g/mol. The SMILES string of the molecule is C=CCCCC=NNC(=O)OC(C)(C)C. The summed E-state index contributed by atoms with van der Waals surface area (Å²) in [7, 11) is 0. The number of carbonyl (C=O) groups excluding carboxylic acids is 1. The number of hydrazone groups is 1. The van der Waals surface area contributed by atoms with Gasteiger partial charge >= 0.3 is 6.09 Å². The molecule has 0 saturated carbocycles. The predicted molar refractivity (Wildman–Crippen MR) is 61.9 cm³/mol. The maximum Gasteiger partial charge on any atom is 0.428 e. The van der Waals surface area contributed by atoms with Crippen molar-refractivity contribution in [1.29, 1.82) is 0 Å². The van der Waals surface area contributed by atoms with E-state index in [0.717, 1.165) is 19.3 Å². The summed E-state index contributed by atoms with van der Waals surface area (Å²) in [6.07, 6.45) is 5.76. The smallest absolute Gasteiger partial charge is 0.428 e. The fraction of sp³-hybridized carbons (Fsp3) is 0.636. The van der Waals surface area contributed by atoms with Crippen LogP contribution < -0.4 is 5.43 Å². The van der Waals surface area contributed by atoms with E-state index in [-0.39, 0.29) is 0 Å². The number of nitrogens with one attached hydrogen (secondary N) is 1. The number of ether oxygens (including phenoxy) is 1. The van der Waals surface area contributed by atoms with Crippen LogP contribution in [-0.2, 0) is 4.74 Å². The Morgan fingerprint density at radius 1 is 1.47 bits per heavy atom. The predicted octanol–water partition coefficient (Wildman–Crippen LogP) is 2.85. The summed E-state index contributed by atoms with van der Waals surface area (Å²) >= 11 is 0. The zero-order valence-electron chi connectivity index (χ0n) is 9.75. The van der Waals surface area contributed by atoms with Crippen LogP contribution >= 0.6 is 0 Å². The molecule has 4 nitrogen and oxygen atoms in total. The number of carbonyl (C=O) groups is 1. The molecule has 0 aliphatic heterocycles. The van der Waals surface area contributed by atoms with Gasteiger partial charge in [-0.25, -0.2) is 10.2 Å². The Morgan fingerprint density at radius 2 is 2.13 bits per heavy atom. The third-order valence-electron chi connectivity index (χ3n) is 1.39. The molecule has 0 fully saturated rings. The summed E-state index contributed by atoms with van der Waals surface area (Å²) in [5, 5.41) is 3.74. The first-order valence-corrected chi connectivity index (χ1v) is 5.07. The lowest BCUT2D eigenvalue weighted by Gasteiger charge is -2.18. The maximum absolute atomic E-state index is 11.1. The number of hydrogen-bond donors (Lipinski definition) is 1. The van der Waals surface area contributed by atoms with Gasteiger partial charge in [0.2, 0.25) is 0 Å². The highest BCUT2D eigenvalue weighted by Crippen LogP contribution is 2.06. The molecule has 86 valence electrons. The highest BCUT2D eigenvalue weighted by Gasteiger charge is 2.15. The van der Waals surface area contributed by atoms with Gasteiger partial charge in [0.15, 0.2) is 0 Å². The van der Waals surface area contributed by atoms with Crippen LogP contribution in [0.25, 0.3) is 0 Å². The van der Waals surface area contributed by atoms with Crippen LogP contribution in [0.2, 0.25) is 0 Å². The molecular formula is C11H20N2O2. The first kappa shape index (κ1) is 13.7. The third kappa shape index (κ3) is 10.6. The van der Waals surface area contributed by atoms with E-state index in [1.807, 2.05) is 6.08 Å². The van der Waals surface area contributed by atoms with Crippen molar-refractivity contribution in [3.05, 3.63) is 12.7 Å². The van der Waals surface area contributed by atoms with E-state index in [0.29, 0.717) is 0 Å². The molecule has 0 spiro atoms. The van der Waals surface area contributed by atoms with Crippen LogP contribution in [-0.4, -0.2) is 17.9 Å². The minimum Gasteiger partial charge on any atom is -0.443 e. The van der Waals surface area contributed by atoms with Crippen molar-refractivity contribution in [3.63, 3.8) is 0 Å². The molecule has 0 aromatic heterocycles. The van der Waals surface area contributed by atoms with Crippen LogP contribution in [0, 0.1) is 0 Å². The van der Waals surface area contributed by atoms with Crippen molar-refractivity contribution >= 4 is 12.3 Å². The molecular weight excluding hydrogens is 192 g/mol. The Kier molecular flexibility index (Phi) is 6.42. The van der Waals surface area contributed by atoms with E-state index in [9.17, 15) is 4.79 Å². The van der Waals surface area contributed by atoms with Gasteiger partial charge in [0.25, 0.3) is 0 Å². The molecule has 0 saturated heterocycles. The molecule has 0 aromatic rings. The monoisotopic (exact) mass is 212 g/mol. The fourth-order valence-electron chi connectivity index (χ4n) is 0.817. The van der Waals surface area contributed by atoms with Crippen molar-refractivity contribution in [3.8, 4) is 0 Å². The highest BCUT2D eigenvalue weighted by molar-refractivity contribution is 5.69. The van der Waals surface area contributed by atoms with E-state index < -0.39 is 11.7 Å². The average Bonchev–Trinajstić information content (AvgIpc) is 2.08. The molecule has 0 unspecified atom stereocenters. The van der Waals surface area contributed by atoms with Gasteiger partial charge < -0.3 is 4.74 Å². The van der Waals surface area contributed by atoms with Gasteiger partial charge in [0.05, 0.1) is 0 Å². The van der Waals surface area contributed by atoms with Crippen molar-refractivity contribution in [1.82, 2.24) is 5.43 Å². The second kappa shape index (κ2) is 7.04. The van der Waals surface area contributed by atoms with Crippen LogP contribution in [0.5, 0.6) is 0 Å². The molecule has 0 aliphatic rings. The van der Waals surface area contributed by atoms with Crippen molar-refractivity contribution in [2.45, 2.75) is 45.6 Å². The molecule has 15 heavy (non-hydrogen) atoms. The topological polar surface area (TPSA) is 50.7 Å². The number of nitrogens with zero attached hydrogens (tertiary/aromatic N) is 1. The molecule has 0 heterocycles. The van der Waals surface area contributed by atoms with Crippen LogP contribution in [0.4, 0.5) is 4.79 Å². The Bertz CT molecular complexity index is 229. The Morgan fingerprint density at radius 3 is 2.67 bits per heavy atom. The summed E-state index contributed by atoms with van der Waals surface area (Å²) in [4.78, 5) is 11.1. The van der Waals surface area contributed by atoms with Crippen molar-refractivity contribution in [2.24, 2.45) is 5.10 Å². The van der Waals surface area contributed by atoms with Gasteiger partial charge in [-0.05, 0) is 40.0 Å².